The number of hydrogen-bond acceptors (Lipinski definition) is 4. The normalized spacial score (nSPS) is 10.8. The van der Waals surface area contributed by atoms with Crippen LogP contribution >= 0.6 is 0 Å². The molecule has 7 heteroatoms. The molecule has 0 saturated carbocycles. The van der Waals surface area contributed by atoms with Gasteiger partial charge in [0.05, 0.1) is 12.0 Å². The lowest BCUT2D eigenvalue weighted by atomic mass is 10.3. The number of H-pyrrole nitrogens is 1. The molecule has 2 heterocycles. The van der Waals surface area contributed by atoms with Crippen LogP contribution in [-0.4, -0.2) is 19.9 Å². The average molecular weight is 247 g/mol. The van der Waals surface area contributed by atoms with E-state index in [-0.39, 0.29) is 5.69 Å². The first-order valence-electron chi connectivity index (χ1n) is 5.10. The van der Waals surface area contributed by atoms with Crippen molar-refractivity contribution in [1.82, 2.24) is 19.9 Å². The molecule has 0 unspecified atom stereocenters. The highest BCUT2D eigenvalue weighted by Gasteiger charge is 2.09. The predicted octanol–water partition coefficient (Wildman–Crippen LogP) is 2.37. The second kappa shape index (κ2) is 4.02. The van der Waals surface area contributed by atoms with Crippen LogP contribution in [0.15, 0.2) is 30.9 Å². The molecule has 0 radical (unpaired) electrons. The smallest absolute Gasteiger partial charge is 0.162 e. The molecule has 0 atom stereocenters. The molecule has 90 valence electrons. The van der Waals surface area contributed by atoms with Gasteiger partial charge in [0, 0.05) is 6.07 Å². The van der Waals surface area contributed by atoms with Crippen LogP contribution in [0.4, 0.5) is 20.3 Å². The Kier molecular flexibility index (Phi) is 2.36. The fourth-order valence-electron chi connectivity index (χ4n) is 1.58. The second-order valence-electron chi connectivity index (χ2n) is 3.57. The third-order valence-corrected chi connectivity index (χ3v) is 2.40. The Morgan fingerprint density at radius 2 is 2.00 bits per heavy atom. The first kappa shape index (κ1) is 10.6. The lowest BCUT2D eigenvalue weighted by molar-refractivity contribution is 0.603. The molecule has 0 aliphatic carbocycles. The van der Waals surface area contributed by atoms with Gasteiger partial charge in [-0.3, -0.25) is 0 Å². The van der Waals surface area contributed by atoms with Crippen molar-refractivity contribution in [2.75, 3.05) is 5.32 Å². The van der Waals surface area contributed by atoms with Gasteiger partial charge >= 0.3 is 0 Å². The van der Waals surface area contributed by atoms with Crippen LogP contribution < -0.4 is 5.32 Å². The molecule has 0 fully saturated rings. The number of nitrogens with one attached hydrogen (secondary N) is 2. The Morgan fingerprint density at radius 1 is 1.11 bits per heavy atom. The zero-order chi connectivity index (χ0) is 12.5. The number of halogens is 2. The maximum atomic E-state index is 13.5. The highest BCUT2D eigenvalue weighted by atomic mass is 19.1. The fourth-order valence-corrected chi connectivity index (χ4v) is 1.58. The number of aromatic amines is 1. The van der Waals surface area contributed by atoms with Gasteiger partial charge in [-0.2, -0.15) is 0 Å². The maximum absolute atomic E-state index is 13.5. The second-order valence-corrected chi connectivity index (χ2v) is 3.57. The Balaban J connectivity index is 2.06. The summed E-state index contributed by atoms with van der Waals surface area (Å²) in [5.74, 6) is -0.796. The molecule has 18 heavy (non-hydrogen) atoms. The monoisotopic (exact) mass is 247 g/mol. The SMILES string of the molecule is Fc1ccc(F)c(Nc2ncnc3[nH]cnc23)c1. The predicted molar refractivity (Wildman–Crippen MR) is 61.3 cm³/mol. The van der Waals surface area contributed by atoms with Gasteiger partial charge in [0.25, 0.3) is 0 Å². The zero-order valence-corrected chi connectivity index (χ0v) is 8.98. The van der Waals surface area contributed by atoms with Crippen molar-refractivity contribution in [2.45, 2.75) is 0 Å². The summed E-state index contributed by atoms with van der Waals surface area (Å²) >= 11 is 0. The van der Waals surface area contributed by atoms with E-state index in [9.17, 15) is 8.78 Å². The molecule has 0 amide bonds. The minimum Gasteiger partial charge on any atom is -0.336 e. The summed E-state index contributed by atoms with van der Waals surface area (Å²) in [7, 11) is 0. The van der Waals surface area contributed by atoms with E-state index in [0.717, 1.165) is 18.2 Å². The molecule has 0 aliphatic rings. The number of aromatic nitrogens is 4. The summed E-state index contributed by atoms with van der Waals surface area (Å²) in [6, 6.07) is 3.14. The van der Waals surface area contributed by atoms with Gasteiger partial charge in [-0.15, -0.1) is 0 Å². The molecule has 0 bridgehead atoms. The Bertz CT molecular complexity index is 709. The zero-order valence-electron chi connectivity index (χ0n) is 8.98. The molecule has 0 saturated heterocycles. The molecular weight excluding hydrogens is 240 g/mol. The van der Waals surface area contributed by atoms with E-state index >= 15 is 0 Å². The van der Waals surface area contributed by atoms with Crippen LogP contribution in [0, 0.1) is 11.6 Å². The van der Waals surface area contributed by atoms with Crippen LogP contribution in [0.3, 0.4) is 0 Å². The summed E-state index contributed by atoms with van der Waals surface area (Å²) in [6.07, 6.45) is 2.76. The molecular formula is C11H7F2N5. The van der Waals surface area contributed by atoms with Gasteiger partial charge in [-0.05, 0) is 12.1 Å². The van der Waals surface area contributed by atoms with Gasteiger partial charge in [0.1, 0.15) is 18.0 Å². The summed E-state index contributed by atoms with van der Waals surface area (Å²) in [6.45, 7) is 0. The van der Waals surface area contributed by atoms with E-state index < -0.39 is 11.6 Å². The maximum Gasteiger partial charge on any atom is 0.162 e. The summed E-state index contributed by atoms with van der Waals surface area (Å²) < 4.78 is 26.5. The van der Waals surface area contributed by atoms with Crippen LogP contribution in [0.2, 0.25) is 0 Å². The van der Waals surface area contributed by atoms with Crippen molar-refractivity contribution in [2.24, 2.45) is 0 Å². The molecule has 5 nitrogen and oxygen atoms in total. The summed E-state index contributed by atoms with van der Waals surface area (Å²) in [5.41, 5.74) is 0.975. The van der Waals surface area contributed by atoms with Gasteiger partial charge in [0.2, 0.25) is 0 Å². The first-order valence-corrected chi connectivity index (χ1v) is 5.10. The highest BCUT2D eigenvalue weighted by Crippen LogP contribution is 2.23. The van der Waals surface area contributed by atoms with Crippen molar-refractivity contribution >= 4 is 22.7 Å². The molecule has 3 rings (SSSR count). The van der Waals surface area contributed by atoms with Crippen molar-refractivity contribution in [1.29, 1.82) is 0 Å². The molecule has 2 N–H and O–H groups in total. The summed E-state index contributed by atoms with van der Waals surface area (Å²) in [4.78, 5) is 14.7. The molecule has 0 aliphatic heterocycles. The van der Waals surface area contributed by atoms with Crippen molar-refractivity contribution < 1.29 is 8.78 Å². The van der Waals surface area contributed by atoms with E-state index in [0.29, 0.717) is 17.0 Å². The topological polar surface area (TPSA) is 66.5 Å². The quantitative estimate of drug-likeness (QED) is 0.729. The number of rotatable bonds is 2. The largest absolute Gasteiger partial charge is 0.336 e. The Morgan fingerprint density at radius 3 is 2.89 bits per heavy atom. The number of anilines is 2. The van der Waals surface area contributed by atoms with Crippen molar-refractivity contribution in [3.05, 3.63) is 42.5 Å². The molecule has 0 spiro atoms. The van der Waals surface area contributed by atoms with E-state index in [2.05, 4.69) is 25.3 Å². The van der Waals surface area contributed by atoms with Crippen LogP contribution in [-0.2, 0) is 0 Å². The van der Waals surface area contributed by atoms with E-state index in [1.807, 2.05) is 0 Å². The van der Waals surface area contributed by atoms with Crippen LogP contribution in [0.25, 0.3) is 11.2 Å². The standard InChI is InChI=1S/C11H7F2N5/c12-6-1-2-7(13)8(3-6)18-11-9-10(15-4-14-9)16-5-17-11/h1-5H,(H2,14,15,16,17,18). The Hall–Kier alpha value is -2.57. The third-order valence-electron chi connectivity index (χ3n) is 2.40. The van der Waals surface area contributed by atoms with Crippen molar-refractivity contribution in [3.8, 4) is 0 Å². The highest BCUT2D eigenvalue weighted by molar-refractivity contribution is 5.84. The fraction of sp³-hybridized carbons (Fsp3) is 0. The lowest BCUT2D eigenvalue weighted by Gasteiger charge is -2.06. The van der Waals surface area contributed by atoms with Gasteiger partial charge < -0.3 is 10.3 Å². The summed E-state index contributed by atoms with van der Waals surface area (Å²) in [5, 5.41) is 2.69. The number of benzene rings is 1. The number of imidazole rings is 1. The number of nitrogens with zero attached hydrogens (tertiary/aromatic N) is 3. The first-order chi connectivity index (χ1) is 8.74. The molecule has 2 aromatic heterocycles. The van der Waals surface area contributed by atoms with E-state index in [4.69, 9.17) is 0 Å². The van der Waals surface area contributed by atoms with E-state index in [1.54, 1.807) is 0 Å². The van der Waals surface area contributed by atoms with E-state index in [1.165, 1.54) is 12.7 Å². The Labute approximate surface area is 99.9 Å². The van der Waals surface area contributed by atoms with Gasteiger partial charge in [-0.25, -0.2) is 23.7 Å². The number of hydrogen-bond donors (Lipinski definition) is 2. The third kappa shape index (κ3) is 1.75. The molecule has 3 aromatic rings. The van der Waals surface area contributed by atoms with Crippen molar-refractivity contribution in [3.63, 3.8) is 0 Å². The molecule has 1 aromatic carbocycles. The number of fused-ring (bicyclic) bond motifs is 1. The average Bonchev–Trinajstić information content (AvgIpc) is 2.83. The van der Waals surface area contributed by atoms with Gasteiger partial charge in [0.15, 0.2) is 17.0 Å². The lowest BCUT2D eigenvalue weighted by Crippen LogP contribution is -1.98. The minimum absolute atomic E-state index is 0.00185. The van der Waals surface area contributed by atoms with Crippen LogP contribution in [0.1, 0.15) is 0 Å². The van der Waals surface area contributed by atoms with Crippen LogP contribution in [0.5, 0.6) is 0 Å². The van der Waals surface area contributed by atoms with Gasteiger partial charge in [-0.1, -0.05) is 0 Å². The minimum atomic E-state index is -0.571.